The number of sulfone groups is 1. The van der Waals surface area contributed by atoms with E-state index in [1.807, 2.05) is 19.9 Å². The van der Waals surface area contributed by atoms with Gasteiger partial charge >= 0.3 is 0 Å². The van der Waals surface area contributed by atoms with Crippen molar-refractivity contribution in [3.8, 4) is 0 Å². The highest BCUT2D eigenvalue weighted by molar-refractivity contribution is 7.90. The van der Waals surface area contributed by atoms with Crippen molar-refractivity contribution in [3.05, 3.63) is 29.8 Å². The Kier molecular flexibility index (Phi) is 5.70. The number of nitrogens with two attached hydrogens (primary N) is 1. The molecule has 20 heavy (non-hydrogen) atoms. The van der Waals surface area contributed by atoms with Gasteiger partial charge in [-0.3, -0.25) is 11.3 Å². The van der Waals surface area contributed by atoms with Crippen molar-refractivity contribution in [1.82, 2.24) is 5.43 Å². The van der Waals surface area contributed by atoms with E-state index in [1.165, 1.54) is 6.26 Å². The molecule has 5 nitrogen and oxygen atoms in total. The van der Waals surface area contributed by atoms with Crippen molar-refractivity contribution in [2.75, 3.05) is 13.4 Å². The first-order valence-corrected chi connectivity index (χ1v) is 8.40. The molecule has 3 N–H and O–H groups in total. The summed E-state index contributed by atoms with van der Waals surface area (Å²) >= 11 is 0. The summed E-state index contributed by atoms with van der Waals surface area (Å²) in [4.78, 5) is 0.307. The number of hydrazine groups is 1. The lowest BCUT2D eigenvalue weighted by Crippen LogP contribution is -2.31. The maximum absolute atomic E-state index is 11.6. The molecule has 0 fully saturated rings. The number of methoxy groups -OCH3 is 1. The van der Waals surface area contributed by atoms with Gasteiger partial charge < -0.3 is 4.74 Å². The van der Waals surface area contributed by atoms with Gasteiger partial charge in [0, 0.05) is 19.4 Å². The zero-order chi connectivity index (χ0) is 15.4. The third-order valence-corrected chi connectivity index (χ3v) is 4.59. The van der Waals surface area contributed by atoms with Gasteiger partial charge in [0.2, 0.25) is 0 Å². The predicted octanol–water partition coefficient (Wildman–Crippen LogP) is 1.80. The Morgan fingerprint density at radius 2 is 2.05 bits per heavy atom. The Hall–Kier alpha value is -0.950. The van der Waals surface area contributed by atoms with Crippen LogP contribution in [0.15, 0.2) is 29.2 Å². The van der Waals surface area contributed by atoms with Gasteiger partial charge in [-0.2, -0.15) is 0 Å². The third-order valence-electron chi connectivity index (χ3n) is 3.48. The molecule has 6 heteroatoms. The molecule has 0 amide bonds. The van der Waals surface area contributed by atoms with E-state index in [9.17, 15) is 8.42 Å². The van der Waals surface area contributed by atoms with Gasteiger partial charge in [0.05, 0.1) is 10.5 Å². The molecule has 0 saturated heterocycles. The lowest BCUT2D eigenvalue weighted by atomic mass is 9.95. The minimum atomic E-state index is -3.21. The number of hydrogen-bond acceptors (Lipinski definition) is 5. The second kappa shape index (κ2) is 6.67. The summed E-state index contributed by atoms with van der Waals surface area (Å²) in [5.41, 5.74) is 3.37. The Labute approximate surface area is 121 Å². The highest BCUT2D eigenvalue weighted by Crippen LogP contribution is 2.25. The summed E-state index contributed by atoms with van der Waals surface area (Å²) in [7, 11) is -1.53. The molecule has 0 saturated carbocycles. The number of ether oxygens (including phenoxy) is 1. The van der Waals surface area contributed by atoms with Crippen LogP contribution in [0, 0.1) is 0 Å². The van der Waals surface area contributed by atoms with E-state index in [0.717, 1.165) is 18.4 Å². The van der Waals surface area contributed by atoms with Crippen LogP contribution < -0.4 is 11.3 Å². The van der Waals surface area contributed by atoms with Gasteiger partial charge in [0.25, 0.3) is 0 Å². The molecular weight excluding hydrogens is 276 g/mol. The van der Waals surface area contributed by atoms with Crippen LogP contribution in [0.4, 0.5) is 0 Å². The van der Waals surface area contributed by atoms with E-state index in [4.69, 9.17) is 10.6 Å². The van der Waals surface area contributed by atoms with E-state index in [1.54, 1.807) is 25.3 Å². The summed E-state index contributed by atoms with van der Waals surface area (Å²) in [6.07, 6.45) is 2.76. The summed E-state index contributed by atoms with van der Waals surface area (Å²) in [6.45, 7) is 4.01. The van der Waals surface area contributed by atoms with Gasteiger partial charge in [0.15, 0.2) is 9.84 Å². The van der Waals surface area contributed by atoms with Gasteiger partial charge in [-0.25, -0.2) is 8.42 Å². The number of nitrogens with one attached hydrogen (secondary N) is 1. The van der Waals surface area contributed by atoms with Gasteiger partial charge in [-0.05, 0) is 44.4 Å². The fraction of sp³-hybridized carbons (Fsp3) is 0.571. The van der Waals surface area contributed by atoms with Crippen molar-refractivity contribution in [2.45, 2.75) is 43.2 Å². The topological polar surface area (TPSA) is 81.4 Å². The van der Waals surface area contributed by atoms with Gasteiger partial charge in [0.1, 0.15) is 0 Å². The number of benzene rings is 1. The molecule has 1 atom stereocenters. The summed E-state index contributed by atoms with van der Waals surface area (Å²) in [6, 6.07) is 6.76. The van der Waals surface area contributed by atoms with E-state index in [2.05, 4.69) is 5.43 Å². The van der Waals surface area contributed by atoms with E-state index < -0.39 is 9.84 Å². The molecular formula is C14H24N2O3S. The van der Waals surface area contributed by atoms with Crippen LogP contribution in [-0.2, 0) is 14.6 Å². The molecule has 1 aromatic carbocycles. The summed E-state index contributed by atoms with van der Waals surface area (Å²) < 4.78 is 28.6. The largest absolute Gasteiger partial charge is 0.379 e. The minimum Gasteiger partial charge on any atom is -0.379 e. The third kappa shape index (κ3) is 4.86. The fourth-order valence-corrected chi connectivity index (χ4v) is 2.58. The molecule has 0 aromatic heterocycles. The lowest BCUT2D eigenvalue weighted by Gasteiger charge is -2.26. The summed E-state index contributed by atoms with van der Waals surface area (Å²) in [5.74, 6) is 5.59. The Balaban J connectivity index is 2.91. The van der Waals surface area contributed by atoms with Crippen LogP contribution in [0.25, 0.3) is 0 Å². The molecule has 0 heterocycles. The maximum atomic E-state index is 11.6. The molecule has 0 aliphatic heterocycles. The van der Waals surface area contributed by atoms with E-state index in [0.29, 0.717) is 4.90 Å². The van der Waals surface area contributed by atoms with Crippen LogP contribution in [-0.4, -0.2) is 27.4 Å². The summed E-state index contributed by atoms with van der Waals surface area (Å²) in [5, 5.41) is 0. The molecule has 0 radical (unpaired) electrons. The molecule has 1 rings (SSSR count). The highest BCUT2D eigenvalue weighted by atomic mass is 32.2. The predicted molar refractivity (Wildman–Crippen MR) is 79.9 cm³/mol. The van der Waals surface area contributed by atoms with E-state index in [-0.39, 0.29) is 11.6 Å². The zero-order valence-corrected chi connectivity index (χ0v) is 13.3. The smallest absolute Gasteiger partial charge is 0.175 e. The average molecular weight is 300 g/mol. The van der Waals surface area contributed by atoms with E-state index >= 15 is 0 Å². The highest BCUT2D eigenvalue weighted by Gasteiger charge is 2.20. The molecule has 1 aromatic rings. The SMILES string of the molecule is COC(C)(C)CCC(NN)c1cccc(S(C)(=O)=O)c1. The Morgan fingerprint density at radius 1 is 1.40 bits per heavy atom. The van der Waals surface area contributed by atoms with Gasteiger partial charge in [-0.15, -0.1) is 0 Å². The standard InChI is InChI=1S/C14H24N2O3S/c1-14(2,19-3)9-8-13(16-15)11-6-5-7-12(10-11)20(4,17)18/h5-7,10,13,16H,8-9,15H2,1-4H3. The average Bonchev–Trinajstić information content (AvgIpc) is 2.39. The van der Waals surface area contributed by atoms with Crippen molar-refractivity contribution in [2.24, 2.45) is 5.84 Å². The van der Waals surface area contributed by atoms with Gasteiger partial charge in [-0.1, -0.05) is 12.1 Å². The monoisotopic (exact) mass is 300 g/mol. The van der Waals surface area contributed by atoms with Crippen LogP contribution >= 0.6 is 0 Å². The first kappa shape index (κ1) is 17.1. The maximum Gasteiger partial charge on any atom is 0.175 e. The molecule has 114 valence electrons. The zero-order valence-electron chi connectivity index (χ0n) is 12.5. The van der Waals surface area contributed by atoms with Crippen molar-refractivity contribution < 1.29 is 13.2 Å². The van der Waals surface area contributed by atoms with Crippen LogP contribution in [0.1, 0.15) is 38.3 Å². The molecule has 0 bridgehead atoms. The fourth-order valence-electron chi connectivity index (χ4n) is 1.90. The van der Waals surface area contributed by atoms with Crippen LogP contribution in [0.5, 0.6) is 0 Å². The normalized spacial score (nSPS) is 14.2. The molecule has 0 spiro atoms. The lowest BCUT2D eigenvalue weighted by molar-refractivity contribution is 0.0117. The first-order chi connectivity index (χ1) is 9.19. The molecule has 0 aliphatic carbocycles. The Morgan fingerprint density at radius 3 is 2.55 bits per heavy atom. The quantitative estimate of drug-likeness (QED) is 0.593. The van der Waals surface area contributed by atoms with Crippen molar-refractivity contribution >= 4 is 9.84 Å². The molecule has 1 unspecified atom stereocenters. The van der Waals surface area contributed by atoms with Crippen LogP contribution in [0.2, 0.25) is 0 Å². The van der Waals surface area contributed by atoms with Crippen molar-refractivity contribution in [1.29, 1.82) is 0 Å². The molecule has 0 aliphatic rings. The second-order valence-corrected chi connectivity index (χ2v) is 7.58. The number of hydrogen-bond donors (Lipinski definition) is 2. The van der Waals surface area contributed by atoms with Crippen molar-refractivity contribution in [3.63, 3.8) is 0 Å². The Bertz CT molecular complexity index is 541. The second-order valence-electron chi connectivity index (χ2n) is 5.57. The minimum absolute atomic E-state index is 0.105. The van der Waals surface area contributed by atoms with Crippen LogP contribution in [0.3, 0.4) is 0 Å². The number of rotatable bonds is 7. The first-order valence-electron chi connectivity index (χ1n) is 6.51.